The van der Waals surface area contributed by atoms with E-state index < -0.39 is 0 Å². The molecule has 0 saturated carbocycles. The van der Waals surface area contributed by atoms with E-state index in [1.54, 1.807) is 18.2 Å². The number of hydrogen-bond donors (Lipinski definition) is 0. The number of ether oxygens (including phenoxy) is 1. The van der Waals surface area contributed by atoms with Crippen LogP contribution in [0.3, 0.4) is 0 Å². The predicted molar refractivity (Wildman–Crippen MR) is 66.0 cm³/mol. The van der Waals surface area contributed by atoms with Crippen molar-refractivity contribution in [1.29, 1.82) is 0 Å². The van der Waals surface area contributed by atoms with Crippen LogP contribution in [0.15, 0.2) is 53.0 Å². The maximum absolute atomic E-state index is 10.6. The lowest BCUT2D eigenvalue weighted by molar-refractivity contribution is 0.112. The van der Waals surface area contributed by atoms with E-state index in [1.165, 1.54) is 0 Å². The molecule has 0 radical (unpaired) electrons. The first kappa shape index (κ1) is 10.9. The van der Waals surface area contributed by atoms with Crippen molar-refractivity contribution in [3.63, 3.8) is 0 Å². The van der Waals surface area contributed by atoms with E-state index >= 15 is 0 Å². The standard InChI is InChI=1S/C13H9BrO2/c14-11-4-6-12(7-5-11)16-13-3-1-2-10(8-13)9-15/h1-9H. The Bertz CT molecular complexity index is 492. The van der Waals surface area contributed by atoms with Gasteiger partial charge in [-0.15, -0.1) is 0 Å². The quantitative estimate of drug-likeness (QED) is 0.791. The van der Waals surface area contributed by atoms with Crippen LogP contribution in [0.5, 0.6) is 11.5 Å². The lowest BCUT2D eigenvalue weighted by atomic mass is 10.2. The minimum absolute atomic E-state index is 0.606. The normalized spacial score (nSPS) is 9.81. The first-order valence-electron chi connectivity index (χ1n) is 4.76. The summed E-state index contributed by atoms with van der Waals surface area (Å²) in [5, 5.41) is 0. The smallest absolute Gasteiger partial charge is 0.150 e. The SMILES string of the molecule is O=Cc1cccc(Oc2ccc(Br)cc2)c1. The molecule has 0 unspecified atom stereocenters. The predicted octanol–water partition coefficient (Wildman–Crippen LogP) is 4.05. The molecule has 2 rings (SSSR count). The zero-order chi connectivity index (χ0) is 11.4. The Morgan fingerprint density at radius 1 is 1.00 bits per heavy atom. The fraction of sp³-hybridized carbons (Fsp3) is 0. The van der Waals surface area contributed by atoms with Crippen molar-refractivity contribution < 1.29 is 9.53 Å². The van der Waals surface area contributed by atoms with Crippen molar-refractivity contribution in [2.75, 3.05) is 0 Å². The van der Waals surface area contributed by atoms with Gasteiger partial charge in [0.05, 0.1) is 0 Å². The minimum atomic E-state index is 0.606. The zero-order valence-electron chi connectivity index (χ0n) is 8.39. The van der Waals surface area contributed by atoms with E-state index in [0.717, 1.165) is 16.5 Å². The van der Waals surface area contributed by atoms with Gasteiger partial charge in [-0.2, -0.15) is 0 Å². The van der Waals surface area contributed by atoms with Crippen molar-refractivity contribution in [3.05, 3.63) is 58.6 Å². The summed E-state index contributed by atoms with van der Waals surface area (Å²) < 4.78 is 6.60. The highest BCUT2D eigenvalue weighted by Gasteiger charge is 1.98. The van der Waals surface area contributed by atoms with Crippen LogP contribution in [0.25, 0.3) is 0 Å². The maximum Gasteiger partial charge on any atom is 0.150 e. The van der Waals surface area contributed by atoms with Crippen LogP contribution in [0.1, 0.15) is 10.4 Å². The first-order chi connectivity index (χ1) is 7.78. The summed E-state index contributed by atoms with van der Waals surface area (Å²) in [4.78, 5) is 10.6. The summed E-state index contributed by atoms with van der Waals surface area (Å²) in [6.45, 7) is 0. The van der Waals surface area contributed by atoms with Crippen molar-refractivity contribution in [3.8, 4) is 11.5 Å². The Morgan fingerprint density at radius 3 is 2.44 bits per heavy atom. The number of halogens is 1. The lowest BCUT2D eigenvalue weighted by Gasteiger charge is -2.05. The topological polar surface area (TPSA) is 26.3 Å². The number of benzene rings is 2. The van der Waals surface area contributed by atoms with E-state index in [4.69, 9.17) is 4.74 Å². The molecule has 2 aromatic rings. The Labute approximate surface area is 102 Å². The second kappa shape index (κ2) is 4.94. The molecule has 80 valence electrons. The summed E-state index contributed by atoms with van der Waals surface area (Å²) in [5.74, 6) is 1.40. The molecule has 0 aromatic heterocycles. The van der Waals surface area contributed by atoms with Crippen LogP contribution < -0.4 is 4.74 Å². The van der Waals surface area contributed by atoms with Crippen LogP contribution in [-0.2, 0) is 0 Å². The van der Waals surface area contributed by atoms with Crippen molar-refractivity contribution in [2.45, 2.75) is 0 Å². The summed E-state index contributed by atoms with van der Waals surface area (Å²) in [5.41, 5.74) is 0.606. The van der Waals surface area contributed by atoms with E-state index in [2.05, 4.69) is 15.9 Å². The highest BCUT2D eigenvalue weighted by Crippen LogP contribution is 2.23. The van der Waals surface area contributed by atoms with Crippen LogP contribution in [0.2, 0.25) is 0 Å². The molecule has 0 bridgehead atoms. The summed E-state index contributed by atoms with van der Waals surface area (Å²) in [6, 6.07) is 14.6. The van der Waals surface area contributed by atoms with E-state index in [-0.39, 0.29) is 0 Å². The third-order valence-electron chi connectivity index (χ3n) is 2.04. The van der Waals surface area contributed by atoms with Crippen molar-refractivity contribution >= 4 is 22.2 Å². The molecule has 2 nitrogen and oxygen atoms in total. The van der Waals surface area contributed by atoms with E-state index in [0.29, 0.717) is 11.3 Å². The average Bonchev–Trinajstić information content (AvgIpc) is 2.32. The molecule has 0 heterocycles. The van der Waals surface area contributed by atoms with Gasteiger partial charge in [-0.1, -0.05) is 28.1 Å². The van der Waals surface area contributed by atoms with Crippen LogP contribution in [0, 0.1) is 0 Å². The molecule has 0 N–H and O–H groups in total. The molecule has 0 fully saturated rings. The highest BCUT2D eigenvalue weighted by atomic mass is 79.9. The number of hydrogen-bond acceptors (Lipinski definition) is 2. The van der Waals surface area contributed by atoms with Crippen LogP contribution in [0.4, 0.5) is 0 Å². The number of aldehydes is 1. The summed E-state index contributed by atoms with van der Waals surface area (Å²) in [6.07, 6.45) is 0.800. The summed E-state index contributed by atoms with van der Waals surface area (Å²) >= 11 is 3.35. The first-order valence-corrected chi connectivity index (χ1v) is 5.56. The van der Waals surface area contributed by atoms with Gasteiger partial charge in [0.2, 0.25) is 0 Å². The monoisotopic (exact) mass is 276 g/mol. The minimum Gasteiger partial charge on any atom is -0.457 e. The fourth-order valence-corrected chi connectivity index (χ4v) is 1.55. The van der Waals surface area contributed by atoms with Gasteiger partial charge < -0.3 is 4.74 Å². The van der Waals surface area contributed by atoms with Gasteiger partial charge in [0.25, 0.3) is 0 Å². The van der Waals surface area contributed by atoms with Crippen LogP contribution >= 0.6 is 15.9 Å². The second-order valence-corrected chi connectivity index (χ2v) is 4.16. The van der Waals surface area contributed by atoms with Gasteiger partial charge in [0.15, 0.2) is 0 Å². The van der Waals surface area contributed by atoms with E-state index in [9.17, 15) is 4.79 Å². The molecule has 0 aliphatic rings. The molecule has 0 atom stereocenters. The number of rotatable bonds is 3. The van der Waals surface area contributed by atoms with Gasteiger partial charge >= 0.3 is 0 Å². The highest BCUT2D eigenvalue weighted by molar-refractivity contribution is 9.10. The molecule has 0 aliphatic heterocycles. The Morgan fingerprint density at radius 2 is 1.75 bits per heavy atom. The third kappa shape index (κ3) is 2.70. The Hall–Kier alpha value is -1.61. The van der Waals surface area contributed by atoms with Crippen molar-refractivity contribution in [1.82, 2.24) is 0 Å². The Balaban J connectivity index is 2.20. The van der Waals surface area contributed by atoms with E-state index in [1.807, 2.05) is 30.3 Å². The van der Waals surface area contributed by atoms with Gasteiger partial charge in [0, 0.05) is 10.0 Å². The van der Waals surface area contributed by atoms with Gasteiger partial charge in [0.1, 0.15) is 17.8 Å². The number of carbonyl (C=O) groups excluding carboxylic acids is 1. The molecule has 3 heteroatoms. The van der Waals surface area contributed by atoms with Crippen molar-refractivity contribution in [2.24, 2.45) is 0 Å². The van der Waals surface area contributed by atoms with Gasteiger partial charge in [-0.3, -0.25) is 4.79 Å². The Kier molecular flexibility index (Phi) is 3.37. The molecule has 16 heavy (non-hydrogen) atoms. The zero-order valence-corrected chi connectivity index (χ0v) is 9.98. The molecular formula is C13H9BrO2. The van der Waals surface area contributed by atoms with Crippen LogP contribution in [-0.4, -0.2) is 6.29 Å². The summed E-state index contributed by atoms with van der Waals surface area (Å²) in [7, 11) is 0. The third-order valence-corrected chi connectivity index (χ3v) is 2.57. The second-order valence-electron chi connectivity index (χ2n) is 3.25. The molecule has 0 amide bonds. The molecule has 2 aromatic carbocycles. The molecular weight excluding hydrogens is 268 g/mol. The lowest BCUT2D eigenvalue weighted by Crippen LogP contribution is -1.85. The largest absolute Gasteiger partial charge is 0.457 e. The molecule has 0 spiro atoms. The maximum atomic E-state index is 10.6. The average molecular weight is 277 g/mol. The molecule has 0 saturated heterocycles. The number of carbonyl (C=O) groups is 1. The molecule has 0 aliphatic carbocycles. The van der Waals surface area contributed by atoms with Gasteiger partial charge in [-0.25, -0.2) is 0 Å². The fourth-order valence-electron chi connectivity index (χ4n) is 1.29. The van der Waals surface area contributed by atoms with Gasteiger partial charge in [-0.05, 0) is 36.4 Å².